The monoisotopic (exact) mass is 107 g/mol. The number of halogens is 1. The molecule has 0 heterocycles. The number of nitrogens with one attached hydrogen (secondary N) is 1. The van der Waals surface area contributed by atoms with E-state index in [1.54, 1.807) is 0 Å². The first-order valence-electron chi connectivity index (χ1n) is 2.00. The highest BCUT2D eigenvalue weighted by molar-refractivity contribution is 6.75. The smallest absolute Gasteiger partial charge is 0.0643 e. The van der Waals surface area contributed by atoms with E-state index in [9.17, 15) is 0 Å². The van der Waals surface area contributed by atoms with Gasteiger partial charge in [0.15, 0.2) is 0 Å². The summed E-state index contributed by atoms with van der Waals surface area (Å²) in [7, 11) is 7.75. The fraction of sp³-hybridized carbons (Fsp3) is 1.00. The summed E-state index contributed by atoms with van der Waals surface area (Å²) in [6, 6.07) is 0. The van der Waals surface area contributed by atoms with E-state index in [0.717, 1.165) is 0 Å². The largest absolute Gasteiger partial charge is 0.323 e. The molecule has 1 nitrogen and oxygen atoms in total. The van der Waals surface area contributed by atoms with Crippen molar-refractivity contribution in [2.75, 3.05) is 14.1 Å². The summed E-state index contributed by atoms with van der Waals surface area (Å²) < 4.78 is 0. The predicted molar refractivity (Wildman–Crippen MR) is 39.3 cm³/mol. The summed E-state index contributed by atoms with van der Waals surface area (Å²) in [5.74, 6) is 0. The van der Waals surface area contributed by atoms with Gasteiger partial charge >= 0.3 is 0 Å². The molecule has 1 N–H and O–H groups in total. The minimum absolute atomic E-state index is 0. The van der Waals surface area contributed by atoms with Gasteiger partial charge in [0.2, 0.25) is 0 Å². The maximum absolute atomic E-state index is 2.75. The van der Waals surface area contributed by atoms with E-state index in [4.69, 9.17) is 0 Å². The molecule has 0 aromatic rings. The average molecular weight is 107 g/mol. The highest BCUT2D eigenvalue weighted by atomic mass is 35.5. The van der Waals surface area contributed by atoms with Gasteiger partial charge in [0, 0.05) is 0 Å². The Morgan fingerprint density at radius 2 is 1.17 bits per heavy atom. The van der Waals surface area contributed by atoms with Crippen LogP contribution < -0.4 is 5.32 Å². The second-order valence-electron chi connectivity index (χ2n) is 0.500. The molecule has 0 rings (SSSR count). The molecular weight excluding hydrogens is 95.1 g/mol. The van der Waals surface area contributed by atoms with E-state index in [1.807, 2.05) is 29.6 Å². The van der Waals surface area contributed by atoms with Gasteiger partial charge in [-0.3, -0.25) is 0 Å². The van der Waals surface area contributed by atoms with Gasteiger partial charge < -0.3 is 5.32 Å². The Morgan fingerprint density at radius 1 is 1.17 bits per heavy atom. The second-order valence-corrected chi connectivity index (χ2v) is 0.500. The Balaban J connectivity index is -0.0000000275. The SMILES string of the molecule is BB.CNC.Cl. The number of hydrogen-bond donors (Lipinski definition) is 1. The maximum Gasteiger partial charge on any atom is 0.0643 e. The van der Waals surface area contributed by atoms with Crippen molar-refractivity contribution < 1.29 is 0 Å². The third-order valence-corrected chi connectivity index (χ3v) is 0. The first kappa shape index (κ1) is 16.2. The molecule has 0 amide bonds. The molecule has 0 unspecified atom stereocenters. The van der Waals surface area contributed by atoms with Gasteiger partial charge in [-0.1, -0.05) is 0 Å². The van der Waals surface area contributed by atoms with Crippen LogP contribution in [0.5, 0.6) is 0 Å². The summed E-state index contributed by atoms with van der Waals surface area (Å²) in [6.07, 6.45) is 0. The van der Waals surface area contributed by atoms with E-state index in [1.165, 1.54) is 0 Å². The summed E-state index contributed by atoms with van der Waals surface area (Å²) in [5.41, 5.74) is 0. The Morgan fingerprint density at radius 3 is 1.17 bits per heavy atom. The van der Waals surface area contributed by atoms with Crippen LogP contribution >= 0.6 is 12.4 Å². The van der Waals surface area contributed by atoms with Crippen LogP contribution in [-0.4, -0.2) is 29.6 Å². The van der Waals surface area contributed by atoms with Crippen LogP contribution in [-0.2, 0) is 0 Å². The molecule has 6 heavy (non-hydrogen) atoms. The lowest BCUT2D eigenvalue weighted by molar-refractivity contribution is 1.02. The predicted octanol–water partition coefficient (Wildman–Crippen LogP) is -1.57. The van der Waals surface area contributed by atoms with Crippen LogP contribution in [0, 0.1) is 0 Å². The molecule has 0 aromatic heterocycles. The number of hydrogen-bond acceptors (Lipinski definition) is 1. The van der Waals surface area contributed by atoms with E-state index in [-0.39, 0.29) is 12.4 Å². The third-order valence-electron chi connectivity index (χ3n) is 0. The van der Waals surface area contributed by atoms with Crippen LogP contribution in [0.3, 0.4) is 0 Å². The minimum Gasteiger partial charge on any atom is -0.323 e. The van der Waals surface area contributed by atoms with Crippen molar-refractivity contribution in [2.24, 2.45) is 0 Å². The summed E-state index contributed by atoms with van der Waals surface area (Å²) in [5, 5.41) is 2.75. The van der Waals surface area contributed by atoms with Crippen LogP contribution in [0.2, 0.25) is 0 Å². The molecule has 0 saturated carbocycles. The molecule has 0 radical (unpaired) electrons. The maximum atomic E-state index is 2.75. The van der Waals surface area contributed by atoms with Crippen molar-refractivity contribution >= 4 is 27.9 Å². The lowest BCUT2D eigenvalue weighted by Gasteiger charge is -1.59. The molecule has 0 aromatic carbocycles. The molecule has 4 heteroatoms. The number of rotatable bonds is 0. The first-order chi connectivity index (χ1) is 2.41. The van der Waals surface area contributed by atoms with Gasteiger partial charge in [-0.05, 0) is 14.1 Å². The zero-order valence-electron chi connectivity index (χ0n) is 4.91. The van der Waals surface area contributed by atoms with Gasteiger partial charge in [-0.15, -0.1) is 12.4 Å². The molecule has 0 aliphatic heterocycles. The molecule has 0 fully saturated rings. The average Bonchev–Trinajstić information content (AvgIpc) is 1.46. The van der Waals surface area contributed by atoms with Crippen molar-refractivity contribution in [3.63, 3.8) is 0 Å². The van der Waals surface area contributed by atoms with Crippen LogP contribution in [0.25, 0.3) is 0 Å². The van der Waals surface area contributed by atoms with Crippen molar-refractivity contribution in [2.45, 2.75) is 0 Å². The zero-order valence-corrected chi connectivity index (χ0v) is 5.72. The van der Waals surface area contributed by atoms with Crippen molar-refractivity contribution in [3.8, 4) is 0 Å². The van der Waals surface area contributed by atoms with Gasteiger partial charge in [-0.25, -0.2) is 0 Å². The lowest BCUT2D eigenvalue weighted by Crippen LogP contribution is -1.89. The quantitative estimate of drug-likeness (QED) is 0.369. The van der Waals surface area contributed by atoms with Crippen LogP contribution in [0.15, 0.2) is 0 Å². The molecular formula is C2H12B2ClN. The third kappa shape index (κ3) is 347. The Kier molecular flexibility index (Phi) is 146. The van der Waals surface area contributed by atoms with Crippen molar-refractivity contribution in [3.05, 3.63) is 0 Å². The topological polar surface area (TPSA) is 12.0 Å². The zero-order chi connectivity index (χ0) is 4.71. The highest BCUT2D eigenvalue weighted by Gasteiger charge is 1.25. The Labute approximate surface area is 48.1 Å². The fourth-order valence-corrected chi connectivity index (χ4v) is 0. The highest BCUT2D eigenvalue weighted by Crippen LogP contribution is 0.981. The first-order valence-corrected chi connectivity index (χ1v) is 2.00. The summed E-state index contributed by atoms with van der Waals surface area (Å²) in [6.45, 7) is 0. The molecule has 38 valence electrons. The van der Waals surface area contributed by atoms with Gasteiger partial charge in [0.25, 0.3) is 0 Å². The Bertz CT molecular complexity index is 11.5. The molecule has 0 aliphatic rings. The summed E-state index contributed by atoms with van der Waals surface area (Å²) >= 11 is 0. The lowest BCUT2D eigenvalue weighted by atomic mass is 9.81. The minimum atomic E-state index is 0. The van der Waals surface area contributed by atoms with E-state index < -0.39 is 0 Å². The Hall–Kier alpha value is 0.380. The molecule has 0 spiro atoms. The van der Waals surface area contributed by atoms with Crippen LogP contribution in [0.4, 0.5) is 0 Å². The van der Waals surface area contributed by atoms with E-state index in [0.29, 0.717) is 0 Å². The van der Waals surface area contributed by atoms with E-state index >= 15 is 0 Å². The molecule has 0 saturated heterocycles. The molecule has 0 aliphatic carbocycles. The van der Waals surface area contributed by atoms with Gasteiger partial charge in [0.1, 0.15) is 0 Å². The van der Waals surface area contributed by atoms with Crippen molar-refractivity contribution in [1.29, 1.82) is 0 Å². The van der Waals surface area contributed by atoms with Gasteiger partial charge in [0.05, 0.1) is 15.5 Å². The fourth-order valence-electron chi connectivity index (χ4n) is 0. The van der Waals surface area contributed by atoms with Crippen molar-refractivity contribution in [1.82, 2.24) is 5.32 Å². The summed E-state index contributed by atoms with van der Waals surface area (Å²) in [4.78, 5) is 0. The molecule has 0 bridgehead atoms. The molecule has 0 atom stereocenters. The van der Waals surface area contributed by atoms with E-state index in [2.05, 4.69) is 5.32 Å². The van der Waals surface area contributed by atoms with Crippen LogP contribution in [0.1, 0.15) is 0 Å². The van der Waals surface area contributed by atoms with Gasteiger partial charge in [-0.2, -0.15) is 0 Å². The second kappa shape index (κ2) is 54.2. The normalized spacial score (nSPS) is 3.67. The standard InChI is InChI=1S/C2H7N.B2H4.ClH/c1-3-2;1-2;/h3H,1-2H3;1-2H2;1H.